The summed E-state index contributed by atoms with van der Waals surface area (Å²) in [5, 5.41) is 9.76. The Labute approximate surface area is 282 Å². The zero-order valence-electron chi connectivity index (χ0n) is 26.3. The Morgan fingerprint density at radius 2 is 1.06 bits per heavy atom. The number of hydrogen-bond donors (Lipinski definition) is 0. The molecule has 226 valence electrons. The smallest absolute Gasteiger partial charge is 0.189 e. The fourth-order valence-corrected chi connectivity index (χ4v) is 7.54. The van der Waals surface area contributed by atoms with Gasteiger partial charge in [0, 0.05) is 45.5 Å². The molecule has 4 heteroatoms. The molecular weight excluding hydrogens is 597 g/mol. The van der Waals surface area contributed by atoms with Gasteiger partial charge in [0.1, 0.15) is 0 Å². The monoisotopic (exact) mass is 622 g/mol. The fraction of sp³-hybridized carbons (Fsp3) is 0. The molecule has 0 atom stereocenters. The lowest BCUT2D eigenvalue weighted by Crippen LogP contribution is -1.93. The minimum atomic E-state index is 0.640. The van der Waals surface area contributed by atoms with Gasteiger partial charge >= 0.3 is 0 Å². The van der Waals surface area contributed by atoms with Crippen LogP contribution >= 0.6 is 0 Å². The van der Waals surface area contributed by atoms with Crippen LogP contribution in [0.15, 0.2) is 158 Å². The maximum Gasteiger partial charge on any atom is 0.189 e. The van der Waals surface area contributed by atoms with E-state index in [1.165, 1.54) is 43.3 Å². The molecule has 0 aliphatic carbocycles. The van der Waals surface area contributed by atoms with Crippen molar-refractivity contribution in [3.05, 3.63) is 169 Å². The molecule has 10 aromatic rings. The maximum atomic E-state index is 7.63. The first-order valence-electron chi connectivity index (χ1n) is 16.3. The topological polar surface area (TPSA) is 35.1 Å². The Bertz CT molecular complexity index is 2870. The number of benzene rings is 7. The van der Waals surface area contributed by atoms with Gasteiger partial charge in [-0.3, -0.25) is 4.98 Å². The summed E-state index contributed by atoms with van der Waals surface area (Å²) in [7, 11) is 0. The molecule has 3 aromatic heterocycles. The predicted octanol–water partition coefficient (Wildman–Crippen LogP) is 12.0. The van der Waals surface area contributed by atoms with Crippen LogP contribution in [0.1, 0.15) is 0 Å². The Kier molecular flexibility index (Phi) is 5.90. The quantitative estimate of drug-likeness (QED) is 0.145. The van der Waals surface area contributed by atoms with Crippen LogP contribution in [0.3, 0.4) is 0 Å². The molecule has 0 fully saturated rings. The Hall–Kier alpha value is -6.83. The van der Waals surface area contributed by atoms with Gasteiger partial charge in [0.25, 0.3) is 0 Å². The van der Waals surface area contributed by atoms with Crippen LogP contribution in [-0.4, -0.2) is 14.5 Å². The molecule has 0 bridgehead atoms. The molecular formula is C45H26N4. The van der Waals surface area contributed by atoms with Crippen molar-refractivity contribution in [1.29, 1.82) is 0 Å². The standard InChI is InChI=1S/C45H26N4/c1-46-36-15-17-39-38-16-14-29(26-42(38)49(43(39)27-36)37-6-3-2-4-7-37)34-22-30-10-12-32-24-35(25-33-13-11-31(23-34)44(30)45(32)33)41-9-5-8-40(48-41)28-18-20-47-21-19-28/h2-27H. The highest BCUT2D eigenvalue weighted by atomic mass is 15.0. The van der Waals surface area contributed by atoms with E-state index in [4.69, 9.17) is 11.6 Å². The number of aromatic nitrogens is 3. The van der Waals surface area contributed by atoms with Gasteiger partial charge in [0.2, 0.25) is 0 Å². The van der Waals surface area contributed by atoms with E-state index in [2.05, 4.69) is 124 Å². The number of hydrogen-bond acceptors (Lipinski definition) is 2. The highest BCUT2D eigenvalue weighted by molar-refractivity contribution is 6.24. The molecule has 7 aromatic carbocycles. The van der Waals surface area contributed by atoms with Gasteiger partial charge in [0.15, 0.2) is 5.69 Å². The van der Waals surface area contributed by atoms with Crippen LogP contribution in [0.25, 0.3) is 98.3 Å². The van der Waals surface area contributed by atoms with Crippen molar-refractivity contribution in [1.82, 2.24) is 14.5 Å². The van der Waals surface area contributed by atoms with Gasteiger partial charge in [0.05, 0.1) is 23.5 Å². The SMILES string of the molecule is [C-]#[N+]c1ccc2c3ccc(-c4cc5ccc6cc(-c7cccc(-c8ccncc8)n7)cc7ccc(c4)c5c67)cc3n(-c3ccccc3)c2c1. The normalized spacial score (nSPS) is 11.7. The van der Waals surface area contributed by atoms with Gasteiger partial charge in [-0.1, -0.05) is 72.8 Å². The molecule has 0 amide bonds. The van der Waals surface area contributed by atoms with Crippen LogP contribution in [0.5, 0.6) is 0 Å². The minimum Gasteiger partial charge on any atom is -0.310 e. The second-order valence-corrected chi connectivity index (χ2v) is 12.6. The van der Waals surface area contributed by atoms with Crippen molar-refractivity contribution in [3.63, 3.8) is 0 Å². The van der Waals surface area contributed by atoms with Crippen LogP contribution < -0.4 is 0 Å². The summed E-state index contributed by atoms with van der Waals surface area (Å²) in [4.78, 5) is 12.9. The second-order valence-electron chi connectivity index (χ2n) is 12.6. The second kappa shape index (κ2) is 10.6. The zero-order valence-corrected chi connectivity index (χ0v) is 26.3. The van der Waals surface area contributed by atoms with Crippen LogP contribution in [-0.2, 0) is 0 Å². The average Bonchev–Trinajstić information content (AvgIpc) is 3.50. The first-order valence-corrected chi connectivity index (χ1v) is 16.3. The lowest BCUT2D eigenvalue weighted by atomic mass is 9.90. The molecule has 0 spiro atoms. The van der Waals surface area contributed by atoms with Gasteiger partial charge in [-0.25, -0.2) is 9.83 Å². The molecule has 0 unspecified atom stereocenters. The van der Waals surface area contributed by atoms with Gasteiger partial charge in [-0.2, -0.15) is 0 Å². The molecule has 4 nitrogen and oxygen atoms in total. The average molecular weight is 623 g/mol. The summed E-state index contributed by atoms with van der Waals surface area (Å²) in [6.07, 6.45) is 3.61. The largest absolute Gasteiger partial charge is 0.310 e. The molecule has 0 aliphatic heterocycles. The summed E-state index contributed by atoms with van der Waals surface area (Å²) >= 11 is 0. The molecule has 0 aliphatic rings. The lowest BCUT2D eigenvalue weighted by Gasteiger charge is -2.15. The summed E-state index contributed by atoms with van der Waals surface area (Å²) < 4.78 is 2.28. The van der Waals surface area contributed by atoms with E-state index in [0.717, 1.165) is 50.2 Å². The van der Waals surface area contributed by atoms with E-state index in [9.17, 15) is 0 Å². The number of rotatable bonds is 4. The number of pyridine rings is 2. The number of nitrogens with zero attached hydrogens (tertiary/aromatic N) is 4. The summed E-state index contributed by atoms with van der Waals surface area (Å²) in [5.41, 5.74) is 10.3. The molecule has 0 saturated heterocycles. The van der Waals surface area contributed by atoms with Crippen LogP contribution in [0.2, 0.25) is 0 Å². The summed E-state index contributed by atoms with van der Waals surface area (Å²) in [5.74, 6) is 0. The van der Waals surface area contributed by atoms with Gasteiger partial charge in [-0.05, 0) is 116 Å². The highest BCUT2D eigenvalue weighted by Crippen LogP contribution is 2.41. The van der Waals surface area contributed by atoms with E-state index >= 15 is 0 Å². The van der Waals surface area contributed by atoms with Crippen molar-refractivity contribution in [3.8, 4) is 39.3 Å². The first kappa shape index (κ1) is 27.3. The molecule has 0 saturated carbocycles. The third kappa shape index (κ3) is 4.30. The molecule has 0 radical (unpaired) electrons. The summed E-state index contributed by atoms with van der Waals surface area (Å²) in [6.45, 7) is 7.63. The van der Waals surface area contributed by atoms with E-state index in [1.807, 2.05) is 36.4 Å². The maximum absolute atomic E-state index is 7.63. The van der Waals surface area contributed by atoms with Crippen molar-refractivity contribution >= 4 is 59.8 Å². The molecule has 10 rings (SSSR count). The van der Waals surface area contributed by atoms with Gasteiger partial charge in [-0.15, -0.1) is 0 Å². The molecule has 3 heterocycles. The van der Waals surface area contributed by atoms with E-state index < -0.39 is 0 Å². The van der Waals surface area contributed by atoms with Gasteiger partial charge < -0.3 is 4.57 Å². The van der Waals surface area contributed by atoms with E-state index in [1.54, 1.807) is 12.4 Å². The first-order chi connectivity index (χ1) is 24.2. The minimum absolute atomic E-state index is 0.640. The van der Waals surface area contributed by atoms with Crippen LogP contribution in [0, 0.1) is 6.57 Å². The molecule has 49 heavy (non-hydrogen) atoms. The Morgan fingerprint density at radius 1 is 0.469 bits per heavy atom. The lowest BCUT2D eigenvalue weighted by molar-refractivity contribution is 1.18. The summed E-state index contributed by atoms with van der Waals surface area (Å²) in [6, 6.07) is 51.5. The van der Waals surface area contributed by atoms with Crippen molar-refractivity contribution < 1.29 is 0 Å². The Balaban J connectivity index is 1.12. The Morgan fingerprint density at radius 3 is 1.71 bits per heavy atom. The van der Waals surface area contributed by atoms with E-state index in [0.29, 0.717) is 5.69 Å². The highest BCUT2D eigenvalue weighted by Gasteiger charge is 2.16. The van der Waals surface area contributed by atoms with Crippen molar-refractivity contribution in [2.45, 2.75) is 0 Å². The number of para-hydroxylation sites is 1. The molecule has 0 N–H and O–H groups in total. The van der Waals surface area contributed by atoms with Crippen LogP contribution in [0.4, 0.5) is 5.69 Å². The third-order valence-corrected chi connectivity index (χ3v) is 9.78. The number of fused-ring (bicyclic) bond motifs is 3. The van der Waals surface area contributed by atoms with E-state index in [-0.39, 0.29) is 0 Å². The predicted molar refractivity (Wildman–Crippen MR) is 203 cm³/mol. The van der Waals surface area contributed by atoms with Crippen molar-refractivity contribution in [2.75, 3.05) is 0 Å². The van der Waals surface area contributed by atoms with Crippen molar-refractivity contribution in [2.24, 2.45) is 0 Å². The zero-order chi connectivity index (χ0) is 32.5. The third-order valence-electron chi connectivity index (χ3n) is 9.78. The fourth-order valence-electron chi connectivity index (χ4n) is 7.54.